The summed E-state index contributed by atoms with van der Waals surface area (Å²) in [6.07, 6.45) is 0. The Kier molecular flexibility index (Phi) is 2.87. The lowest BCUT2D eigenvalue weighted by molar-refractivity contribution is 0.0596. The lowest BCUT2D eigenvalue weighted by Crippen LogP contribution is -2.02. The van der Waals surface area contributed by atoms with Gasteiger partial charge < -0.3 is 9.84 Å². The minimum Gasteiger partial charge on any atom is -0.504 e. The predicted octanol–water partition coefficient (Wildman–Crippen LogP) is 2.08. The number of carbonyl (C=O) groups excluding carboxylic acids is 1. The third-order valence-electron chi connectivity index (χ3n) is 1.47. The normalized spacial score (nSPS) is 9.77. The second-order valence-corrected chi connectivity index (χ2v) is 3.10. The summed E-state index contributed by atoms with van der Waals surface area (Å²) >= 11 is 2.86. The highest BCUT2D eigenvalue weighted by molar-refractivity contribution is 9.10. The number of phenols is 1. The highest BCUT2D eigenvalue weighted by atomic mass is 79.9. The van der Waals surface area contributed by atoms with Crippen LogP contribution in [0, 0.1) is 5.82 Å². The molecule has 3 nitrogen and oxygen atoms in total. The molecule has 0 amide bonds. The molecule has 1 N–H and O–H groups in total. The van der Waals surface area contributed by atoms with Gasteiger partial charge in [-0.3, -0.25) is 0 Å². The van der Waals surface area contributed by atoms with Crippen LogP contribution in [0.3, 0.4) is 0 Å². The molecule has 0 heterocycles. The molecule has 0 aliphatic rings. The Balaban J connectivity index is 3.26. The van der Waals surface area contributed by atoms with E-state index < -0.39 is 17.5 Å². The zero-order chi connectivity index (χ0) is 10.0. The van der Waals surface area contributed by atoms with Crippen molar-refractivity contribution in [2.45, 2.75) is 0 Å². The number of esters is 1. The Morgan fingerprint density at radius 1 is 1.62 bits per heavy atom. The molecular formula is C8H6BrFO3. The molecule has 0 fully saturated rings. The van der Waals surface area contributed by atoms with Gasteiger partial charge in [-0.15, -0.1) is 0 Å². The topological polar surface area (TPSA) is 46.5 Å². The molecule has 0 saturated heterocycles. The molecule has 0 spiro atoms. The van der Waals surface area contributed by atoms with Crippen LogP contribution in [0.15, 0.2) is 16.6 Å². The van der Waals surface area contributed by atoms with Crippen molar-refractivity contribution >= 4 is 21.9 Å². The van der Waals surface area contributed by atoms with E-state index in [1.807, 2.05) is 0 Å². The van der Waals surface area contributed by atoms with Crippen molar-refractivity contribution in [3.8, 4) is 5.75 Å². The smallest absolute Gasteiger partial charge is 0.341 e. The fraction of sp³-hybridized carbons (Fsp3) is 0.125. The van der Waals surface area contributed by atoms with Crippen LogP contribution in [-0.4, -0.2) is 18.2 Å². The summed E-state index contributed by atoms with van der Waals surface area (Å²) in [6, 6.07) is 2.59. The van der Waals surface area contributed by atoms with Crippen LogP contribution in [0.4, 0.5) is 4.39 Å². The van der Waals surface area contributed by atoms with Gasteiger partial charge in [-0.05, 0) is 28.1 Å². The number of phenolic OH excluding ortho intramolecular Hbond substituents is 1. The number of hydrogen-bond acceptors (Lipinski definition) is 3. The molecule has 1 rings (SSSR count). The monoisotopic (exact) mass is 248 g/mol. The van der Waals surface area contributed by atoms with E-state index in [0.717, 1.165) is 7.11 Å². The second kappa shape index (κ2) is 3.74. The first kappa shape index (κ1) is 9.98. The van der Waals surface area contributed by atoms with Crippen LogP contribution < -0.4 is 0 Å². The fourth-order valence-corrected chi connectivity index (χ4v) is 1.13. The third kappa shape index (κ3) is 1.80. The highest BCUT2D eigenvalue weighted by Gasteiger charge is 2.16. The minimum absolute atomic E-state index is 0.0950. The van der Waals surface area contributed by atoms with E-state index in [4.69, 9.17) is 0 Å². The minimum atomic E-state index is -0.872. The molecule has 0 bridgehead atoms. The fourth-order valence-electron chi connectivity index (χ4n) is 0.815. The van der Waals surface area contributed by atoms with Crippen molar-refractivity contribution in [2.75, 3.05) is 7.11 Å². The number of aromatic hydroxyl groups is 1. The van der Waals surface area contributed by atoms with E-state index in [1.165, 1.54) is 12.1 Å². The first-order valence-corrected chi connectivity index (χ1v) is 4.12. The zero-order valence-electron chi connectivity index (χ0n) is 6.67. The summed E-state index contributed by atoms with van der Waals surface area (Å²) in [4.78, 5) is 10.9. The molecule has 0 aliphatic carbocycles. The van der Waals surface area contributed by atoms with E-state index in [2.05, 4.69) is 20.7 Å². The van der Waals surface area contributed by atoms with Crippen LogP contribution in [-0.2, 0) is 4.74 Å². The lowest BCUT2D eigenvalue weighted by Gasteiger charge is -2.03. The maximum Gasteiger partial charge on any atom is 0.341 e. The Morgan fingerprint density at radius 3 is 2.77 bits per heavy atom. The molecule has 13 heavy (non-hydrogen) atoms. The molecule has 0 atom stereocenters. The van der Waals surface area contributed by atoms with E-state index in [1.54, 1.807) is 0 Å². The van der Waals surface area contributed by atoms with Crippen LogP contribution in [0.1, 0.15) is 10.4 Å². The zero-order valence-corrected chi connectivity index (χ0v) is 8.26. The lowest BCUT2D eigenvalue weighted by atomic mass is 10.2. The van der Waals surface area contributed by atoms with Gasteiger partial charge >= 0.3 is 5.97 Å². The summed E-state index contributed by atoms with van der Waals surface area (Å²) in [7, 11) is 1.15. The van der Waals surface area contributed by atoms with Crippen LogP contribution >= 0.6 is 15.9 Å². The second-order valence-electron chi connectivity index (χ2n) is 2.25. The highest BCUT2D eigenvalue weighted by Crippen LogP contribution is 2.28. The van der Waals surface area contributed by atoms with E-state index >= 15 is 0 Å². The van der Waals surface area contributed by atoms with E-state index in [9.17, 15) is 14.3 Å². The number of rotatable bonds is 1. The van der Waals surface area contributed by atoms with Crippen LogP contribution in [0.25, 0.3) is 0 Å². The van der Waals surface area contributed by atoms with Crippen molar-refractivity contribution in [3.05, 3.63) is 28.0 Å². The Bertz CT molecular complexity index is 351. The molecule has 5 heteroatoms. The average Bonchev–Trinajstić information content (AvgIpc) is 2.13. The van der Waals surface area contributed by atoms with Crippen molar-refractivity contribution in [2.24, 2.45) is 0 Å². The largest absolute Gasteiger partial charge is 0.504 e. The number of hydrogen-bond donors (Lipinski definition) is 1. The number of ether oxygens (including phenoxy) is 1. The van der Waals surface area contributed by atoms with Gasteiger partial charge in [0.1, 0.15) is 5.56 Å². The Labute approximate surface area is 82.3 Å². The average molecular weight is 249 g/mol. The van der Waals surface area contributed by atoms with Gasteiger partial charge in [0.15, 0.2) is 11.6 Å². The molecule has 70 valence electrons. The maximum atomic E-state index is 13.0. The quantitative estimate of drug-likeness (QED) is 0.775. The van der Waals surface area contributed by atoms with E-state index in [0.29, 0.717) is 0 Å². The number of carbonyl (C=O) groups is 1. The van der Waals surface area contributed by atoms with Crippen molar-refractivity contribution in [1.82, 2.24) is 0 Å². The van der Waals surface area contributed by atoms with Gasteiger partial charge in [0.25, 0.3) is 0 Å². The summed E-state index contributed by atoms with van der Waals surface area (Å²) in [6.45, 7) is 0. The number of halogens is 2. The van der Waals surface area contributed by atoms with E-state index in [-0.39, 0.29) is 10.0 Å². The molecule has 0 radical (unpaired) electrons. The van der Waals surface area contributed by atoms with Crippen LogP contribution in [0.5, 0.6) is 5.75 Å². The van der Waals surface area contributed by atoms with Crippen molar-refractivity contribution in [3.63, 3.8) is 0 Å². The molecule has 0 aromatic heterocycles. The van der Waals surface area contributed by atoms with Gasteiger partial charge in [0.2, 0.25) is 0 Å². The van der Waals surface area contributed by atoms with Gasteiger partial charge in [0, 0.05) is 0 Å². The van der Waals surface area contributed by atoms with Gasteiger partial charge in [-0.1, -0.05) is 0 Å². The standard InChI is InChI=1S/C8H6BrFO3/c1-13-8(12)4-2-3-5(9)6(10)7(4)11/h2-3,11H,1H3. The summed E-state index contributed by atoms with van der Waals surface area (Å²) in [5, 5.41) is 9.17. The Hall–Kier alpha value is -1.10. The first-order valence-electron chi connectivity index (χ1n) is 3.33. The van der Waals surface area contributed by atoms with Gasteiger partial charge in [-0.2, -0.15) is 0 Å². The van der Waals surface area contributed by atoms with Crippen molar-refractivity contribution < 1.29 is 19.0 Å². The van der Waals surface area contributed by atoms with Gasteiger partial charge in [0.05, 0.1) is 11.6 Å². The summed E-state index contributed by atoms with van der Waals surface area (Å²) in [5.41, 5.74) is -0.191. The predicted molar refractivity (Wildman–Crippen MR) is 47.1 cm³/mol. The van der Waals surface area contributed by atoms with Crippen LogP contribution in [0.2, 0.25) is 0 Å². The summed E-state index contributed by atoms with van der Waals surface area (Å²) in [5.74, 6) is -2.35. The molecule has 0 saturated carbocycles. The molecule has 0 aliphatic heterocycles. The molecule has 1 aromatic rings. The van der Waals surface area contributed by atoms with Crippen molar-refractivity contribution in [1.29, 1.82) is 0 Å². The number of methoxy groups -OCH3 is 1. The number of benzene rings is 1. The first-order chi connectivity index (χ1) is 6.07. The SMILES string of the molecule is COC(=O)c1ccc(Br)c(F)c1O. The maximum absolute atomic E-state index is 13.0. The molecular weight excluding hydrogens is 243 g/mol. The molecule has 0 unspecified atom stereocenters. The summed E-state index contributed by atoms with van der Waals surface area (Å²) < 4.78 is 17.4. The Morgan fingerprint density at radius 2 is 2.23 bits per heavy atom. The molecule has 1 aromatic carbocycles. The third-order valence-corrected chi connectivity index (χ3v) is 2.09. The van der Waals surface area contributed by atoms with Gasteiger partial charge in [-0.25, -0.2) is 9.18 Å².